The summed E-state index contributed by atoms with van der Waals surface area (Å²) in [4.78, 5) is 38.4. The van der Waals surface area contributed by atoms with Gasteiger partial charge >= 0.3 is 0 Å². The van der Waals surface area contributed by atoms with Crippen molar-refractivity contribution in [3.63, 3.8) is 0 Å². The van der Waals surface area contributed by atoms with Gasteiger partial charge in [0.25, 0.3) is 0 Å². The normalized spacial score (nSPS) is 15.9. The fourth-order valence-corrected chi connectivity index (χ4v) is 7.14. The van der Waals surface area contributed by atoms with Crippen LogP contribution in [0.3, 0.4) is 0 Å². The number of carbonyl (C=O) groups is 1. The van der Waals surface area contributed by atoms with Crippen molar-refractivity contribution in [3.8, 4) is 44.8 Å². The van der Waals surface area contributed by atoms with E-state index < -0.39 is 11.6 Å². The van der Waals surface area contributed by atoms with E-state index in [1.807, 2.05) is 41.3 Å². The molecule has 0 bridgehead atoms. The van der Waals surface area contributed by atoms with Crippen LogP contribution in [0, 0.1) is 11.6 Å². The lowest BCUT2D eigenvalue weighted by Crippen LogP contribution is -2.25. The van der Waals surface area contributed by atoms with Gasteiger partial charge < -0.3 is 21.3 Å². The van der Waals surface area contributed by atoms with Crippen LogP contribution in [0.2, 0.25) is 0 Å². The van der Waals surface area contributed by atoms with Crippen LogP contribution in [0.1, 0.15) is 30.7 Å². The van der Waals surface area contributed by atoms with Crippen molar-refractivity contribution < 1.29 is 13.6 Å². The molecule has 2 aliphatic heterocycles. The molecule has 0 saturated carbocycles. The average molecular weight is 682 g/mol. The van der Waals surface area contributed by atoms with Crippen LogP contribution < -0.4 is 21.3 Å². The number of halogens is 2. The third kappa shape index (κ3) is 6.09. The number of rotatable bonds is 7. The third-order valence-corrected chi connectivity index (χ3v) is 9.59. The maximum absolute atomic E-state index is 15.8. The first-order valence-corrected chi connectivity index (χ1v) is 16.7. The highest BCUT2D eigenvalue weighted by Crippen LogP contribution is 2.44. The lowest BCUT2D eigenvalue weighted by atomic mass is 9.88. The lowest BCUT2D eigenvalue weighted by Gasteiger charge is -2.26. The number of benzene rings is 3. The van der Waals surface area contributed by atoms with Crippen molar-refractivity contribution in [2.75, 3.05) is 40.9 Å². The molecule has 2 fully saturated rings. The number of pyridine rings is 1. The van der Waals surface area contributed by atoms with E-state index in [0.29, 0.717) is 59.7 Å². The molecular weight excluding hydrogens is 648 g/mol. The van der Waals surface area contributed by atoms with Crippen molar-refractivity contribution in [2.24, 2.45) is 0 Å². The van der Waals surface area contributed by atoms with E-state index in [1.54, 1.807) is 18.3 Å². The molecule has 1 amide bonds. The van der Waals surface area contributed by atoms with E-state index in [4.69, 9.17) is 16.5 Å². The molecule has 2 aliphatic rings. The van der Waals surface area contributed by atoms with E-state index in [-0.39, 0.29) is 23.5 Å². The molecule has 51 heavy (non-hydrogen) atoms. The second-order valence-electron chi connectivity index (χ2n) is 12.7. The van der Waals surface area contributed by atoms with Gasteiger partial charge in [-0.3, -0.25) is 14.8 Å². The Morgan fingerprint density at radius 3 is 2.02 bits per heavy atom. The zero-order chi connectivity index (χ0) is 35.1. The van der Waals surface area contributed by atoms with Crippen molar-refractivity contribution in [3.05, 3.63) is 115 Å². The Morgan fingerprint density at radius 2 is 1.39 bits per heavy atom. The van der Waals surface area contributed by atoms with Crippen LogP contribution in [0.4, 0.5) is 31.9 Å². The molecule has 0 aliphatic carbocycles. The monoisotopic (exact) mass is 681 g/mol. The van der Waals surface area contributed by atoms with E-state index >= 15 is 8.78 Å². The maximum Gasteiger partial charge on any atom is 0.227 e. The fourth-order valence-electron chi connectivity index (χ4n) is 7.14. The van der Waals surface area contributed by atoms with E-state index in [2.05, 4.69) is 30.9 Å². The van der Waals surface area contributed by atoms with Gasteiger partial charge in [0, 0.05) is 60.4 Å². The molecule has 3 aromatic heterocycles. The number of hydrogen-bond acceptors (Lipinski definition) is 9. The number of hydrogen-bond donors (Lipinski definition) is 2. The molecule has 12 heteroatoms. The summed E-state index contributed by atoms with van der Waals surface area (Å²) in [5.41, 5.74) is 17.5. The number of carbonyl (C=O) groups excluding carboxylic acids is 1. The van der Waals surface area contributed by atoms with Crippen molar-refractivity contribution in [1.82, 2.24) is 24.9 Å². The first-order chi connectivity index (χ1) is 24.8. The molecule has 254 valence electrons. The predicted octanol–water partition coefficient (Wildman–Crippen LogP) is 6.89. The maximum atomic E-state index is 15.8. The summed E-state index contributed by atoms with van der Waals surface area (Å²) in [6.07, 6.45) is 9.47. The summed E-state index contributed by atoms with van der Waals surface area (Å²) >= 11 is 0. The van der Waals surface area contributed by atoms with Crippen molar-refractivity contribution in [1.29, 1.82) is 0 Å². The minimum Gasteiger partial charge on any atom is -0.382 e. The molecule has 0 radical (unpaired) electrons. The first-order valence-electron chi connectivity index (χ1n) is 16.7. The van der Waals surface area contributed by atoms with Gasteiger partial charge in [-0.25, -0.2) is 23.7 Å². The number of nitrogen functional groups attached to an aromatic ring is 2. The van der Waals surface area contributed by atoms with Crippen LogP contribution >= 0.6 is 0 Å². The Bertz CT molecular complexity index is 2260. The molecule has 1 atom stereocenters. The summed E-state index contributed by atoms with van der Waals surface area (Å²) < 4.78 is 31.3. The van der Waals surface area contributed by atoms with Crippen LogP contribution in [0.5, 0.6) is 0 Å². The highest BCUT2D eigenvalue weighted by Gasteiger charge is 2.32. The van der Waals surface area contributed by atoms with Crippen LogP contribution in [0.25, 0.3) is 44.8 Å². The predicted molar refractivity (Wildman–Crippen MR) is 194 cm³/mol. The fraction of sp³-hybridized carbons (Fsp3) is 0.179. The van der Waals surface area contributed by atoms with Crippen LogP contribution in [-0.4, -0.2) is 50.5 Å². The molecule has 8 rings (SSSR count). The van der Waals surface area contributed by atoms with Gasteiger partial charge in [0.15, 0.2) is 0 Å². The topological polar surface area (TPSA) is 140 Å². The lowest BCUT2D eigenvalue weighted by molar-refractivity contribution is -0.117. The third-order valence-electron chi connectivity index (χ3n) is 9.59. The smallest absolute Gasteiger partial charge is 0.227 e. The van der Waals surface area contributed by atoms with Crippen LogP contribution in [-0.2, 0) is 4.79 Å². The molecular formula is C39H33F2N9O. The van der Waals surface area contributed by atoms with Gasteiger partial charge in [0.1, 0.15) is 29.1 Å². The summed E-state index contributed by atoms with van der Waals surface area (Å²) in [5, 5.41) is 0. The summed E-state index contributed by atoms with van der Waals surface area (Å²) in [6.45, 7) is 1.93. The molecule has 6 aromatic rings. The van der Waals surface area contributed by atoms with Gasteiger partial charge in [-0.2, -0.15) is 0 Å². The Balaban J connectivity index is 1.14. The standard InChI is InChI=1S/C39H33F2N9O/c40-30-16-23(8-10-28(30)32-18-47-35(42)20-45-32)27-5-2-13-44-39(27)49-15-12-25(22-49)26-4-1-6-34(50-14-3-7-37(50)51)38(26)24-9-11-29(31(41)17-24)33-19-48-36(43)21-46-33/h1-2,4-6,8-11,13,16-21,25H,3,7,12,14-15,22H2,(H2,42,47)(H2,43,48). The highest BCUT2D eigenvalue weighted by atomic mass is 19.1. The number of amides is 1. The molecule has 0 spiro atoms. The number of nitrogens with two attached hydrogens (primary N) is 2. The SMILES string of the molecule is Nc1cnc(-c2ccc(-c3cccnc3N3CCC(c4cccc(N5CCCC5=O)c4-c4ccc(-c5cnc(N)cn5)c(F)c4)C3)cc2F)cn1. The molecule has 10 nitrogen and oxygen atoms in total. The summed E-state index contributed by atoms with van der Waals surface area (Å²) in [7, 11) is 0. The van der Waals surface area contributed by atoms with E-state index in [1.165, 1.54) is 36.9 Å². The minimum atomic E-state index is -0.451. The van der Waals surface area contributed by atoms with Gasteiger partial charge in [-0.15, -0.1) is 0 Å². The minimum absolute atomic E-state index is 0.0430. The van der Waals surface area contributed by atoms with Crippen molar-refractivity contribution >= 4 is 29.0 Å². The highest BCUT2D eigenvalue weighted by molar-refractivity contribution is 6.00. The number of aromatic nitrogens is 5. The zero-order valence-electron chi connectivity index (χ0n) is 27.5. The molecule has 3 aromatic carbocycles. The number of nitrogens with zero attached hydrogens (tertiary/aromatic N) is 7. The summed E-state index contributed by atoms with van der Waals surface area (Å²) in [6, 6.07) is 19.9. The molecule has 4 N–H and O–H groups in total. The van der Waals surface area contributed by atoms with E-state index in [9.17, 15) is 4.79 Å². The second kappa shape index (κ2) is 13.2. The van der Waals surface area contributed by atoms with Gasteiger partial charge in [0.05, 0.1) is 41.9 Å². The largest absolute Gasteiger partial charge is 0.382 e. The molecule has 5 heterocycles. The second-order valence-corrected chi connectivity index (χ2v) is 12.7. The summed E-state index contributed by atoms with van der Waals surface area (Å²) in [5.74, 6) is 0.470. The molecule has 2 saturated heterocycles. The Hall–Kier alpha value is -6.30. The quantitative estimate of drug-likeness (QED) is 0.184. The average Bonchev–Trinajstić information content (AvgIpc) is 3.82. The van der Waals surface area contributed by atoms with Crippen molar-refractivity contribution in [2.45, 2.75) is 25.2 Å². The Morgan fingerprint density at radius 1 is 0.706 bits per heavy atom. The first kappa shape index (κ1) is 31.9. The molecule has 1 unspecified atom stereocenters. The van der Waals surface area contributed by atoms with Gasteiger partial charge in [0.2, 0.25) is 5.91 Å². The van der Waals surface area contributed by atoms with Crippen LogP contribution in [0.15, 0.2) is 97.7 Å². The Labute approximate surface area is 292 Å². The van der Waals surface area contributed by atoms with E-state index in [0.717, 1.165) is 41.0 Å². The van der Waals surface area contributed by atoms with Gasteiger partial charge in [-0.05, 0) is 72.0 Å². The Kier molecular flexibility index (Phi) is 8.26. The zero-order valence-corrected chi connectivity index (χ0v) is 27.5. The number of anilines is 4. The van der Waals surface area contributed by atoms with Gasteiger partial charge in [-0.1, -0.05) is 24.3 Å².